The van der Waals surface area contributed by atoms with Gasteiger partial charge in [0, 0.05) is 6.42 Å². The zero-order chi connectivity index (χ0) is 8.55. The first-order valence-corrected chi connectivity index (χ1v) is 4.72. The second kappa shape index (κ2) is 3.09. The summed E-state index contributed by atoms with van der Waals surface area (Å²) in [6, 6.07) is 0. The molecule has 1 fully saturated rings. The molecule has 2 aliphatic rings. The monoisotopic (exact) mass is 168 g/mol. The van der Waals surface area contributed by atoms with E-state index in [1.54, 1.807) is 7.11 Å². The standard InChI is InChI=1S/C10H16O2/c1-12-8-3-4-9-7(6-8)2-5-10(9)11/h3,7,9-11H,2,4-6H2,1H3. The van der Waals surface area contributed by atoms with E-state index in [2.05, 4.69) is 6.08 Å². The fraction of sp³-hybridized carbons (Fsp3) is 0.800. The molecule has 0 spiro atoms. The smallest absolute Gasteiger partial charge is 0.0918 e. The van der Waals surface area contributed by atoms with E-state index in [4.69, 9.17) is 4.74 Å². The van der Waals surface area contributed by atoms with E-state index >= 15 is 0 Å². The van der Waals surface area contributed by atoms with Crippen molar-refractivity contribution in [3.8, 4) is 0 Å². The van der Waals surface area contributed by atoms with Crippen LogP contribution in [0.4, 0.5) is 0 Å². The zero-order valence-electron chi connectivity index (χ0n) is 7.49. The normalized spacial score (nSPS) is 40.5. The van der Waals surface area contributed by atoms with Crippen molar-refractivity contribution >= 4 is 0 Å². The molecule has 68 valence electrons. The maximum Gasteiger partial charge on any atom is 0.0918 e. The Morgan fingerprint density at radius 2 is 2.33 bits per heavy atom. The highest BCUT2D eigenvalue weighted by Gasteiger charge is 2.36. The molecule has 0 bridgehead atoms. The summed E-state index contributed by atoms with van der Waals surface area (Å²) in [6.45, 7) is 0. The summed E-state index contributed by atoms with van der Waals surface area (Å²) in [5.41, 5.74) is 0. The fourth-order valence-corrected chi connectivity index (χ4v) is 2.51. The van der Waals surface area contributed by atoms with Crippen LogP contribution in [0.15, 0.2) is 11.8 Å². The number of aliphatic hydroxyl groups excluding tert-OH is 1. The molecule has 0 heterocycles. The molecule has 1 saturated carbocycles. The van der Waals surface area contributed by atoms with Crippen LogP contribution < -0.4 is 0 Å². The largest absolute Gasteiger partial charge is 0.501 e. The lowest BCUT2D eigenvalue weighted by Crippen LogP contribution is -2.22. The van der Waals surface area contributed by atoms with Gasteiger partial charge in [-0.2, -0.15) is 0 Å². The van der Waals surface area contributed by atoms with E-state index in [0.29, 0.717) is 11.8 Å². The van der Waals surface area contributed by atoms with Crippen LogP contribution in [0.3, 0.4) is 0 Å². The Labute approximate surface area is 73.2 Å². The van der Waals surface area contributed by atoms with Crippen LogP contribution >= 0.6 is 0 Å². The lowest BCUT2D eigenvalue weighted by Gasteiger charge is -2.26. The predicted molar refractivity (Wildman–Crippen MR) is 46.5 cm³/mol. The molecule has 2 nitrogen and oxygen atoms in total. The highest BCUT2D eigenvalue weighted by Crippen LogP contribution is 2.41. The zero-order valence-corrected chi connectivity index (χ0v) is 7.49. The van der Waals surface area contributed by atoms with E-state index < -0.39 is 0 Å². The lowest BCUT2D eigenvalue weighted by molar-refractivity contribution is 0.107. The lowest BCUT2D eigenvalue weighted by atomic mass is 9.84. The van der Waals surface area contributed by atoms with Crippen LogP contribution in [0.2, 0.25) is 0 Å². The first-order chi connectivity index (χ1) is 5.81. The molecule has 0 aromatic heterocycles. The van der Waals surface area contributed by atoms with Crippen LogP contribution in [-0.2, 0) is 4.74 Å². The first-order valence-electron chi connectivity index (χ1n) is 4.72. The van der Waals surface area contributed by atoms with E-state index in [1.807, 2.05) is 0 Å². The van der Waals surface area contributed by atoms with E-state index in [9.17, 15) is 5.11 Å². The van der Waals surface area contributed by atoms with Crippen molar-refractivity contribution in [2.45, 2.75) is 31.8 Å². The van der Waals surface area contributed by atoms with Gasteiger partial charge in [-0.15, -0.1) is 0 Å². The van der Waals surface area contributed by atoms with Gasteiger partial charge in [-0.25, -0.2) is 0 Å². The third kappa shape index (κ3) is 1.24. The Hall–Kier alpha value is -0.500. The van der Waals surface area contributed by atoms with Gasteiger partial charge in [0.15, 0.2) is 0 Å². The maximum atomic E-state index is 9.61. The summed E-state index contributed by atoms with van der Waals surface area (Å²) in [4.78, 5) is 0. The van der Waals surface area contributed by atoms with Crippen LogP contribution in [-0.4, -0.2) is 18.3 Å². The molecule has 0 aliphatic heterocycles. The predicted octanol–water partition coefficient (Wildman–Crippen LogP) is 1.70. The van der Waals surface area contributed by atoms with Gasteiger partial charge in [-0.1, -0.05) is 0 Å². The number of fused-ring (bicyclic) bond motifs is 1. The van der Waals surface area contributed by atoms with Gasteiger partial charge >= 0.3 is 0 Å². The molecule has 2 aliphatic carbocycles. The van der Waals surface area contributed by atoms with Crippen LogP contribution in [0.5, 0.6) is 0 Å². The average Bonchev–Trinajstić information content (AvgIpc) is 2.47. The minimum absolute atomic E-state index is 0.0512. The maximum absolute atomic E-state index is 9.61. The molecule has 12 heavy (non-hydrogen) atoms. The Morgan fingerprint density at radius 3 is 3.08 bits per heavy atom. The summed E-state index contributed by atoms with van der Waals surface area (Å²) >= 11 is 0. The number of methoxy groups -OCH3 is 1. The first kappa shape index (κ1) is 8.11. The molecule has 3 unspecified atom stereocenters. The topological polar surface area (TPSA) is 29.5 Å². The molecule has 0 aromatic carbocycles. The van der Waals surface area contributed by atoms with Crippen molar-refractivity contribution in [1.29, 1.82) is 0 Å². The van der Waals surface area contributed by atoms with E-state index in [1.165, 1.54) is 6.42 Å². The average molecular weight is 168 g/mol. The second-order valence-electron chi connectivity index (χ2n) is 3.88. The molecular weight excluding hydrogens is 152 g/mol. The SMILES string of the molecule is COC1=CCC2C(O)CCC2C1. The van der Waals surface area contributed by atoms with Gasteiger partial charge in [-0.05, 0) is 37.2 Å². The molecule has 0 amide bonds. The summed E-state index contributed by atoms with van der Waals surface area (Å²) < 4.78 is 5.21. The second-order valence-corrected chi connectivity index (χ2v) is 3.88. The van der Waals surface area contributed by atoms with Gasteiger partial charge in [0.25, 0.3) is 0 Å². The molecule has 3 atom stereocenters. The summed E-state index contributed by atoms with van der Waals surface area (Å²) in [7, 11) is 1.73. The molecule has 2 heteroatoms. The molecule has 0 saturated heterocycles. The van der Waals surface area contributed by atoms with Crippen LogP contribution in [0.1, 0.15) is 25.7 Å². The van der Waals surface area contributed by atoms with Gasteiger partial charge in [0.2, 0.25) is 0 Å². The van der Waals surface area contributed by atoms with E-state index in [-0.39, 0.29) is 6.10 Å². The fourth-order valence-electron chi connectivity index (χ4n) is 2.51. The highest BCUT2D eigenvalue weighted by atomic mass is 16.5. The van der Waals surface area contributed by atoms with Crippen LogP contribution in [0, 0.1) is 11.8 Å². The molecule has 0 aromatic rings. The Balaban J connectivity index is 2.06. The van der Waals surface area contributed by atoms with Gasteiger partial charge < -0.3 is 9.84 Å². The number of hydrogen-bond donors (Lipinski definition) is 1. The Morgan fingerprint density at radius 1 is 1.50 bits per heavy atom. The third-order valence-electron chi connectivity index (χ3n) is 3.28. The van der Waals surface area contributed by atoms with Gasteiger partial charge in [-0.3, -0.25) is 0 Å². The highest BCUT2D eigenvalue weighted by molar-refractivity contribution is 5.05. The number of aliphatic hydroxyl groups is 1. The van der Waals surface area contributed by atoms with E-state index in [0.717, 1.165) is 25.0 Å². The number of hydrogen-bond acceptors (Lipinski definition) is 2. The minimum atomic E-state index is -0.0512. The third-order valence-corrected chi connectivity index (χ3v) is 3.28. The number of rotatable bonds is 1. The summed E-state index contributed by atoms with van der Waals surface area (Å²) in [5, 5.41) is 9.61. The molecule has 2 rings (SSSR count). The van der Waals surface area contributed by atoms with Crippen molar-refractivity contribution in [2.24, 2.45) is 11.8 Å². The Kier molecular flexibility index (Phi) is 2.09. The molecule has 1 N–H and O–H groups in total. The van der Waals surface area contributed by atoms with Gasteiger partial charge in [0.05, 0.1) is 19.0 Å². The van der Waals surface area contributed by atoms with Crippen molar-refractivity contribution in [2.75, 3.05) is 7.11 Å². The van der Waals surface area contributed by atoms with Crippen molar-refractivity contribution in [1.82, 2.24) is 0 Å². The molecular formula is C10H16O2. The van der Waals surface area contributed by atoms with Crippen molar-refractivity contribution in [3.05, 3.63) is 11.8 Å². The van der Waals surface area contributed by atoms with Gasteiger partial charge in [0.1, 0.15) is 0 Å². The molecule has 0 radical (unpaired) electrons. The summed E-state index contributed by atoms with van der Waals surface area (Å²) in [6.07, 6.45) is 6.29. The number of allylic oxidation sites excluding steroid dienone is 2. The quantitative estimate of drug-likeness (QED) is 0.645. The van der Waals surface area contributed by atoms with Crippen molar-refractivity contribution in [3.63, 3.8) is 0 Å². The number of ether oxygens (including phenoxy) is 1. The van der Waals surface area contributed by atoms with Crippen LogP contribution in [0.25, 0.3) is 0 Å². The Bertz CT molecular complexity index is 198. The van der Waals surface area contributed by atoms with Crippen molar-refractivity contribution < 1.29 is 9.84 Å². The minimum Gasteiger partial charge on any atom is -0.501 e. The summed E-state index contributed by atoms with van der Waals surface area (Å²) in [5.74, 6) is 2.31.